The van der Waals surface area contributed by atoms with Gasteiger partial charge in [0.15, 0.2) is 0 Å². The van der Waals surface area contributed by atoms with Crippen LogP contribution in [0.25, 0.3) is 11.0 Å². The van der Waals surface area contributed by atoms with Gasteiger partial charge in [-0.2, -0.15) is 0 Å². The second-order valence-corrected chi connectivity index (χ2v) is 4.56. The van der Waals surface area contributed by atoms with Crippen LogP contribution in [0.5, 0.6) is 0 Å². The summed E-state index contributed by atoms with van der Waals surface area (Å²) in [4.78, 5) is 50.5. The number of amides is 4. The first kappa shape index (κ1) is 13.0. The van der Waals surface area contributed by atoms with Gasteiger partial charge in [0.25, 0.3) is 0 Å². The van der Waals surface area contributed by atoms with Gasteiger partial charge in [0.2, 0.25) is 17.7 Å². The van der Waals surface area contributed by atoms with Crippen molar-refractivity contribution in [1.29, 1.82) is 0 Å². The van der Waals surface area contributed by atoms with E-state index < -0.39 is 29.7 Å². The predicted octanol–water partition coefficient (Wildman–Crippen LogP) is 0.0488. The molecule has 1 aliphatic heterocycles. The van der Waals surface area contributed by atoms with Crippen LogP contribution in [-0.4, -0.2) is 33.3 Å². The molecule has 2 N–H and O–H groups in total. The lowest BCUT2D eigenvalue weighted by atomic mass is 10.0. The summed E-state index contributed by atoms with van der Waals surface area (Å²) >= 11 is 0. The predicted molar refractivity (Wildman–Crippen MR) is 70.1 cm³/mol. The maximum atomic E-state index is 12.2. The SMILES string of the molecule is O=C1NC(=O)C(CC(=O)n2cnc3ccccc32)C(=O)N1. The van der Waals surface area contributed by atoms with Crippen LogP contribution in [0.1, 0.15) is 11.2 Å². The number of hydrogen-bond donors (Lipinski definition) is 2. The summed E-state index contributed by atoms with van der Waals surface area (Å²) in [5.74, 6) is -3.23. The number of fused-ring (bicyclic) bond motifs is 1. The first-order valence-corrected chi connectivity index (χ1v) is 6.17. The number of imide groups is 2. The summed E-state index contributed by atoms with van der Waals surface area (Å²) in [5.41, 5.74) is 1.23. The van der Waals surface area contributed by atoms with Crippen molar-refractivity contribution in [1.82, 2.24) is 20.2 Å². The van der Waals surface area contributed by atoms with E-state index in [0.29, 0.717) is 11.0 Å². The number of benzene rings is 1. The summed E-state index contributed by atoms with van der Waals surface area (Å²) in [6.45, 7) is 0. The second-order valence-electron chi connectivity index (χ2n) is 4.56. The zero-order valence-electron chi connectivity index (χ0n) is 10.7. The number of rotatable bonds is 2. The van der Waals surface area contributed by atoms with Gasteiger partial charge < -0.3 is 0 Å². The minimum atomic E-state index is -1.23. The van der Waals surface area contributed by atoms with E-state index in [1.54, 1.807) is 24.3 Å². The number of nitrogens with zero attached hydrogens (tertiary/aromatic N) is 2. The molecule has 21 heavy (non-hydrogen) atoms. The highest BCUT2D eigenvalue weighted by Gasteiger charge is 2.36. The molecule has 0 radical (unpaired) electrons. The number of carbonyl (C=O) groups is 4. The molecule has 2 heterocycles. The molecule has 1 aromatic carbocycles. The Kier molecular flexibility index (Phi) is 2.98. The molecule has 0 atom stereocenters. The number of para-hydroxylation sites is 2. The highest BCUT2D eigenvalue weighted by atomic mass is 16.2. The quantitative estimate of drug-likeness (QED) is 0.758. The van der Waals surface area contributed by atoms with Gasteiger partial charge in [-0.15, -0.1) is 0 Å². The third-order valence-electron chi connectivity index (χ3n) is 3.21. The van der Waals surface area contributed by atoms with Crippen molar-refractivity contribution in [3.63, 3.8) is 0 Å². The van der Waals surface area contributed by atoms with E-state index >= 15 is 0 Å². The molecule has 0 aliphatic carbocycles. The molecular weight excluding hydrogens is 276 g/mol. The third-order valence-corrected chi connectivity index (χ3v) is 3.21. The lowest BCUT2D eigenvalue weighted by Gasteiger charge is -2.19. The van der Waals surface area contributed by atoms with E-state index in [1.165, 1.54) is 10.9 Å². The van der Waals surface area contributed by atoms with Gasteiger partial charge >= 0.3 is 6.03 Å². The van der Waals surface area contributed by atoms with Crippen molar-refractivity contribution in [3.8, 4) is 0 Å². The van der Waals surface area contributed by atoms with E-state index in [0.717, 1.165) is 0 Å². The first-order chi connectivity index (χ1) is 10.1. The summed E-state index contributed by atoms with van der Waals surface area (Å²) in [6.07, 6.45) is 1.00. The smallest absolute Gasteiger partial charge is 0.277 e. The van der Waals surface area contributed by atoms with Crippen LogP contribution in [0.3, 0.4) is 0 Å². The fourth-order valence-corrected chi connectivity index (χ4v) is 2.16. The molecule has 4 amide bonds. The third kappa shape index (κ3) is 2.27. The van der Waals surface area contributed by atoms with Crippen molar-refractivity contribution in [2.75, 3.05) is 0 Å². The van der Waals surface area contributed by atoms with E-state index in [1.807, 2.05) is 10.6 Å². The van der Waals surface area contributed by atoms with Gasteiger partial charge in [-0.1, -0.05) is 12.1 Å². The lowest BCUT2D eigenvalue weighted by molar-refractivity contribution is -0.135. The molecule has 2 aromatic rings. The Morgan fingerprint density at radius 1 is 1.14 bits per heavy atom. The molecule has 0 saturated carbocycles. The van der Waals surface area contributed by atoms with Crippen LogP contribution in [0.4, 0.5) is 4.79 Å². The minimum absolute atomic E-state index is 0.342. The number of urea groups is 1. The summed E-state index contributed by atoms with van der Waals surface area (Å²) < 4.78 is 1.28. The van der Waals surface area contributed by atoms with Gasteiger partial charge in [0.1, 0.15) is 12.2 Å². The maximum Gasteiger partial charge on any atom is 0.328 e. The average Bonchev–Trinajstić information content (AvgIpc) is 2.86. The largest absolute Gasteiger partial charge is 0.328 e. The normalized spacial score (nSPS) is 15.9. The van der Waals surface area contributed by atoms with Crippen LogP contribution in [0.2, 0.25) is 0 Å². The number of barbiturate groups is 1. The Labute approximate surface area is 118 Å². The van der Waals surface area contributed by atoms with E-state index in [9.17, 15) is 19.2 Å². The summed E-state index contributed by atoms with van der Waals surface area (Å²) in [5, 5.41) is 3.92. The Morgan fingerprint density at radius 2 is 1.81 bits per heavy atom. The average molecular weight is 286 g/mol. The molecule has 1 saturated heterocycles. The molecule has 1 aliphatic rings. The maximum absolute atomic E-state index is 12.2. The van der Waals surface area contributed by atoms with Crippen molar-refractivity contribution < 1.29 is 19.2 Å². The number of imidazole rings is 1. The second kappa shape index (κ2) is 4.82. The van der Waals surface area contributed by atoms with Crippen LogP contribution >= 0.6 is 0 Å². The zero-order valence-corrected chi connectivity index (χ0v) is 10.7. The molecule has 8 nitrogen and oxygen atoms in total. The van der Waals surface area contributed by atoms with Gasteiger partial charge in [0, 0.05) is 6.42 Å². The number of hydrogen-bond acceptors (Lipinski definition) is 5. The van der Waals surface area contributed by atoms with Gasteiger partial charge in [-0.25, -0.2) is 9.78 Å². The Morgan fingerprint density at radius 3 is 2.52 bits per heavy atom. The van der Waals surface area contributed by atoms with Crippen LogP contribution < -0.4 is 10.6 Å². The molecule has 8 heteroatoms. The van der Waals surface area contributed by atoms with E-state index in [2.05, 4.69) is 4.98 Å². The zero-order chi connectivity index (χ0) is 15.0. The van der Waals surface area contributed by atoms with Crippen molar-refractivity contribution in [2.24, 2.45) is 5.92 Å². The molecule has 106 valence electrons. The van der Waals surface area contributed by atoms with Crippen molar-refractivity contribution in [2.45, 2.75) is 6.42 Å². The number of carbonyl (C=O) groups excluding carboxylic acids is 4. The van der Waals surface area contributed by atoms with Gasteiger partial charge in [0.05, 0.1) is 11.0 Å². The highest BCUT2D eigenvalue weighted by Crippen LogP contribution is 2.15. The van der Waals surface area contributed by atoms with Crippen molar-refractivity contribution in [3.05, 3.63) is 30.6 Å². The van der Waals surface area contributed by atoms with E-state index in [4.69, 9.17) is 0 Å². The van der Waals surface area contributed by atoms with Crippen LogP contribution in [0.15, 0.2) is 30.6 Å². The monoisotopic (exact) mass is 286 g/mol. The molecule has 0 unspecified atom stereocenters. The first-order valence-electron chi connectivity index (χ1n) is 6.17. The molecule has 0 spiro atoms. The fourth-order valence-electron chi connectivity index (χ4n) is 2.16. The molecule has 3 rings (SSSR count). The Hall–Kier alpha value is -3.03. The minimum Gasteiger partial charge on any atom is -0.277 e. The molecule has 1 aromatic heterocycles. The summed E-state index contributed by atoms with van der Waals surface area (Å²) in [7, 11) is 0. The molecular formula is C13H10N4O4. The van der Waals surface area contributed by atoms with Crippen LogP contribution in [0, 0.1) is 5.92 Å². The number of aromatic nitrogens is 2. The standard InChI is InChI=1S/C13H10N4O4/c18-10(5-7-11(19)15-13(21)16-12(7)20)17-6-14-8-3-1-2-4-9(8)17/h1-4,6-7H,5H2,(H2,15,16,19,20,21). The Balaban J connectivity index is 1.85. The van der Waals surface area contributed by atoms with Crippen molar-refractivity contribution >= 4 is 34.8 Å². The van der Waals surface area contributed by atoms with Gasteiger partial charge in [-0.05, 0) is 12.1 Å². The summed E-state index contributed by atoms with van der Waals surface area (Å²) in [6, 6.07) is 6.13. The lowest BCUT2D eigenvalue weighted by Crippen LogP contribution is -2.56. The van der Waals surface area contributed by atoms with E-state index in [-0.39, 0.29) is 6.42 Å². The fraction of sp³-hybridized carbons (Fsp3) is 0.154. The highest BCUT2D eigenvalue weighted by molar-refractivity contribution is 6.17. The number of nitrogens with one attached hydrogen (secondary N) is 2. The molecule has 0 bridgehead atoms. The van der Waals surface area contributed by atoms with Crippen LogP contribution in [-0.2, 0) is 9.59 Å². The van der Waals surface area contributed by atoms with Gasteiger partial charge in [-0.3, -0.25) is 29.6 Å². The molecule has 1 fully saturated rings. The Bertz CT molecular complexity index is 759. The topological polar surface area (TPSA) is 110 Å².